The summed E-state index contributed by atoms with van der Waals surface area (Å²) in [5.41, 5.74) is 7.64. The Balaban J connectivity index is 1.83. The molecule has 0 amide bonds. The third kappa shape index (κ3) is 5.26. The van der Waals surface area contributed by atoms with E-state index in [2.05, 4.69) is 35.0 Å². The maximum atomic E-state index is 6.46. The minimum atomic E-state index is 0.246. The summed E-state index contributed by atoms with van der Waals surface area (Å²) in [5, 5.41) is 0.830. The van der Waals surface area contributed by atoms with Crippen LogP contribution in [0.3, 0.4) is 0 Å². The van der Waals surface area contributed by atoms with E-state index in [1.165, 1.54) is 50.5 Å². The molecule has 118 valence electrons. The van der Waals surface area contributed by atoms with Crippen molar-refractivity contribution in [1.29, 1.82) is 0 Å². The zero-order valence-electron chi connectivity index (χ0n) is 13.0. The molecule has 1 nitrogen and oxygen atoms in total. The van der Waals surface area contributed by atoms with Crippen LogP contribution in [0.25, 0.3) is 0 Å². The van der Waals surface area contributed by atoms with E-state index in [0.29, 0.717) is 5.92 Å². The Bertz CT molecular complexity index is 441. The van der Waals surface area contributed by atoms with Gasteiger partial charge in [0, 0.05) is 15.5 Å². The molecule has 0 heterocycles. The standard InChI is InChI=1S/C18H27BrClN/c1-2-3-4-13-5-7-14(8-6-13)18(21)11-15-9-10-16(19)12-17(15)20/h9-10,12-14,18H,2-8,11,21H2,1H3. The number of hydrogen-bond donors (Lipinski definition) is 1. The molecule has 0 radical (unpaired) electrons. The Morgan fingerprint density at radius 2 is 2.00 bits per heavy atom. The second kappa shape index (κ2) is 8.55. The average Bonchev–Trinajstić information content (AvgIpc) is 2.48. The van der Waals surface area contributed by atoms with Crippen molar-refractivity contribution in [3.63, 3.8) is 0 Å². The third-order valence-electron chi connectivity index (χ3n) is 4.93. The molecule has 2 N–H and O–H groups in total. The van der Waals surface area contributed by atoms with Gasteiger partial charge in [-0.25, -0.2) is 0 Å². The second-order valence-electron chi connectivity index (χ2n) is 6.53. The predicted molar refractivity (Wildman–Crippen MR) is 95.8 cm³/mol. The highest BCUT2D eigenvalue weighted by molar-refractivity contribution is 9.10. The van der Waals surface area contributed by atoms with Gasteiger partial charge in [-0.1, -0.05) is 72.6 Å². The molecule has 1 aliphatic rings. The summed E-state index contributed by atoms with van der Waals surface area (Å²) in [6.45, 7) is 2.28. The summed E-state index contributed by atoms with van der Waals surface area (Å²) in [6, 6.07) is 6.36. The van der Waals surface area contributed by atoms with Gasteiger partial charge in [0.25, 0.3) is 0 Å². The van der Waals surface area contributed by atoms with Crippen molar-refractivity contribution >= 4 is 27.5 Å². The highest BCUT2D eigenvalue weighted by Gasteiger charge is 2.25. The maximum absolute atomic E-state index is 6.46. The van der Waals surface area contributed by atoms with Gasteiger partial charge in [-0.05, 0) is 48.8 Å². The average molecular weight is 373 g/mol. The van der Waals surface area contributed by atoms with Crippen LogP contribution in [0.4, 0.5) is 0 Å². The minimum absolute atomic E-state index is 0.246. The fourth-order valence-electron chi connectivity index (χ4n) is 3.51. The Morgan fingerprint density at radius 1 is 1.29 bits per heavy atom. The van der Waals surface area contributed by atoms with Gasteiger partial charge in [0.1, 0.15) is 0 Å². The Morgan fingerprint density at radius 3 is 2.62 bits per heavy atom. The largest absolute Gasteiger partial charge is 0.327 e. The van der Waals surface area contributed by atoms with Gasteiger partial charge in [0.05, 0.1) is 0 Å². The van der Waals surface area contributed by atoms with Gasteiger partial charge in [-0.15, -0.1) is 0 Å². The lowest BCUT2D eigenvalue weighted by Crippen LogP contribution is -2.35. The van der Waals surface area contributed by atoms with Gasteiger partial charge in [-0.2, -0.15) is 0 Å². The van der Waals surface area contributed by atoms with Crippen LogP contribution < -0.4 is 5.73 Å². The predicted octanol–water partition coefficient (Wildman–Crippen LogP) is 5.97. The summed E-state index contributed by atoms with van der Waals surface area (Å²) < 4.78 is 1.03. The van der Waals surface area contributed by atoms with E-state index in [9.17, 15) is 0 Å². The molecule has 0 bridgehead atoms. The number of benzene rings is 1. The van der Waals surface area contributed by atoms with Crippen LogP contribution in [0, 0.1) is 11.8 Å². The highest BCUT2D eigenvalue weighted by Crippen LogP contribution is 2.34. The zero-order chi connectivity index (χ0) is 15.2. The van der Waals surface area contributed by atoms with E-state index in [1.807, 2.05) is 6.07 Å². The van der Waals surface area contributed by atoms with Crippen LogP contribution in [0.15, 0.2) is 22.7 Å². The third-order valence-corrected chi connectivity index (χ3v) is 5.78. The van der Waals surface area contributed by atoms with Gasteiger partial charge in [0.15, 0.2) is 0 Å². The van der Waals surface area contributed by atoms with Gasteiger partial charge < -0.3 is 5.73 Å². The second-order valence-corrected chi connectivity index (χ2v) is 7.85. The lowest BCUT2D eigenvalue weighted by molar-refractivity contribution is 0.231. The van der Waals surface area contributed by atoms with Crippen molar-refractivity contribution in [3.8, 4) is 0 Å². The van der Waals surface area contributed by atoms with Crippen LogP contribution >= 0.6 is 27.5 Å². The Kier molecular flexibility index (Phi) is 7.04. The first-order chi connectivity index (χ1) is 10.1. The first-order valence-electron chi connectivity index (χ1n) is 8.29. The van der Waals surface area contributed by atoms with E-state index < -0.39 is 0 Å². The molecule has 2 rings (SSSR count). The molecule has 0 spiro atoms. The van der Waals surface area contributed by atoms with E-state index >= 15 is 0 Å². The number of rotatable bonds is 6. The molecule has 1 fully saturated rings. The number of nitrogens with two attached hydrogens (primary N) is 1. The summed E-state index contributed by atoms with van der Waals surface area (Å²) in [7, 11) is 0. The molecule has 1 aromatic rings. The molecule has 1 saturated carbocycles. The van der Waals surface area contributed by atoms with E-state index in [1.54, 1.807) is 0 Å². The monoisotopic (exact) mass is 371 g/mol. The van der Waals surface area contributed by atoms with Crippen molar-refractivity contribution in [2.75, 3.05) is 0 Å². The number of hydrogen-bond acceptors (Lipinski definition) is 1. The molecule has 1 atom stereocenters. The molecular formula is C18H27BrClN. The van der Waals surface area contributed by atoms with E-state index in [-0.39, 0.29) is 6.04 Å². The molecule has 1 unspecified atom stereocenters. The molecule has 0 aliphatic heterocycles. The van der Waals surface area contributed by atoms with Crippen LogP contribution in [0.5, 0.6) is 0 Å². The van der Waals surface area contributed by atoms with Crippen LogP contribution in [-0.2, 0) is 6.42 Å². The molecule has 3 heteroatoms. The van der Waals surface area contributed by atoms with Crippen molar-refractivity contribution in [2.24, 2.45) is 17.6 Å². The number of halogens is 2. The first kappa shape index (κ1) is 17.3. The summed E-state index contributed by atoms with van der Waals surface area (Å²) in [5.74, 6) is 1.62. The van der Waals surface area contributed by atoms with Crippen LogP contribution in [0.2, 0.25) is 5.02 Å². The molecule has 0 aromatic heterocycles. The first-order valence-corrected chi connectivity index (χ1v) is 9.46. The van der Waals surface area contributed by atoms with Crippen molar-refractivity contribution < 1.29 is 0 Å². The molecule has 1 aliphatic carbocycles. The lowest BCUT2D eigenvalue weighted by atomic mass is 9.76. The van der Waals surface area contributed by atoms with E-state index in [0.717, 1.165) is 21.8 Å². The maximum Gasteiger partial charge on any atom is 0.0449 e. The summed E-state index contributed by atoms with van der Waals surface area (Å²) in [4.78, 5) is 0. The Labute approximate surface area is 142 Å². The van der Waals surface area contributed by atoms with Crippen LogP contribution in [0.1, 0.15) is 57.4 Å². The summed E-state index contributed by atoms with van der Waals surface area (Å²) >= 11 is 9.76. The van der Waals surface area contributed by atoms with Crippen LogP contribution in [-0.4, -0.2) is 6.04 Å². The fraction of sp³-hybridized carbons (Fsp3) is 0.667. The SMILES string of the molecule is CCCCC1CCC(C(N)Cc2ccc(Br)cc2Cl)CC1. The minimum Gasteiger partial charge on any atom is -0.327 e. The highest BCUT2D eigenvalue weighted by atomic mass is 79.9. The Hall–Kier alpha value is -0.0500. The molecular weight excluding hydrogens is 346 g/mol. The molecule has 1 aromatic carbocycles. The quantitative estimate of drug-likeness (QED) is 0.654. The summed E-state index contributed by atoms with van der Waals surface area (Å²) in [6.07, 6.45) is 10.3. The molecule has 0 saturated heterocycles. The van der Waals surface area contributed by atoms with Gasteiger partial charge in [-0.3, -0.25) is 0 Å². The smallest absolute Gasteiger partial charge is 0.0449 e. The topological polar surface area (TPSA) is 26.0 Å². The molecule has 21 heavy (non-hydrogen) atoms. The lowest BCUT2D eigenvalue weighted by Gasteiger charge is -2.32. The fourth-order valence-corrected chi connectivity index (χ4v) is 4.26. The van der Waals surface area contributed by atoms with Gasteiger partial charge >= 0.3 is 0 Å². The van der Waals surface area contributed by atoms with Gasteiger partial charge in [0.2, 0.25) is 0 Å². The zero-order valence-corrected chi connectivity index (χ0v) is 15.3. The van der Waals surface area contributed by atoms with E-state index in [4.69, 9.17) is 17.3 Å². The van der Waals surface area contributed by atoms with Crippen molar-refractivity contribution in [3.05, 3.63) is 33.3 Å². The van der Waals surface area contributed by atoms with Crippen molar-refractivity contribution in [2.45, 2.75) is 64.3 Å². The normalized spacial score (nSPS) is 24.0. The van der Waals surface area contributed by atoms with Crippen molar-refractivity contribution in [1.82, 2.24) is 0 Å². The number of unbranched alkanes of at least 4 members (excludes halogenated alkanes) is 1.